The molecule has 0 aromatic heterocycles. The van der Waals surface area contributed by atoms with E-state index in [1.165, 1.54) is 0 Å². The van der Waals surface area contributed by atoms with E-state index in [9.17, 15) is 13.2 Å². The zero-order chi connectivity index (χ0) is 15.5. The summed E-state index contributed by atoms with van der Waals surface area (Å²) in [4.78, 5) is 12.5. The Bertz CT molecular complexity index is 450. The summed E-state index contributed by atoms with van der Waals surface area (Å²) in [6.07, 6.45) is 5.33. The highest BCUT2D eigenvalue weighted by atomic mass is 32.2. The molecule has 2 unspecified atom stereocenters. The minimum Gasteiger partial charge on any atom is -0.351 e. The molecular formula is C15H28N2O3S. The van der Waals surface area contributed by atoms with Crippen LogP contribution in [-0.4, -0.2) is 44.0 Å². The second kappa shape index (κ2) is 7.09. The summed E-state index contributed by atoms with van der Waals surface area (Å²) in [5.74, 6) is -0.490. The summed E-state index contributed by atoms with van der Waals surface area (Å²) >= 11 is 0. The van der Waals surface area contributed by atoms with Gasteiger partial charge in [-0.05, 0) is 31.7 Å². The predicted molar refractivity (Wildman–Crippen MR) is 83.8 cm³/mol. The van der Waals surface area contributed by atoms with Crippen LogP contribution in [0.25, 0.3) is 0 Å². The van der Waals surface area contributed by atoms with Crippen molar-refractivity contribution in [3.05, 3.63) is 0 Å². The Morgan fingerprint density at radius 1 is 1.14 bits per heavy atom. The summed E-state index contributed by atoms with van der Waals surface area (Å²) < 4.78 is 25.7. The molecule has 1 saturated carbocycles. The van der Waals surface area contributed by atoms with Crippen LogP contribution in [0.3, 0.4) is 0 Å². The number of nitrogens with one attached hydrogen (secondary N) is 2. The second-order valence-corrected chi connectivity index (χ2v) is 9.06. The van der Waals surface area contributed by atoms with Crippen LogP contribution in [0.2, 0.25) is 0 Å². The van der Waals surface area contributed by atoms with Crippen molar-refractivity contribution in [3.63, 3.8) is 0 Å². The number of amides is 1. The largest absolute Gasteiger partial charge is 0.351 e. The van der Waals surface area contributed by atoms with Gasteiger partial charge in [-0.25, -0.2) is 8.42 Å². The molecule has 2 atom stereocenters. The quantitative estimate of drug-likeness (QED) is 0.800. The van der Waals surface area contributed by atoms with Crippen LogP contribution in [-0.2, 0) is 14.6 Å². The summed E-state index contributed by atoms with van der Waals surface area (Å²) in [5, 5.41) is 4.88. The van der Waals surface area contributed by atoms with Crippen LogP contribution < -0.4 is 10.6 Å². The van der Waals surface area contributed by atoms with Gasteiger partial charge >= 0.3 is 0 Å². The average Bonchev–Trinajstić information content (AvgIpc) is 2.91. The first-order valence-electron chi connectivity index (χ1n) is 8.16. The van der Waals surface area contributed by atoms with Crippen molar-refractivity contribution in [3.8, 4) is 0 Å². The molecule has 5 nitrogen and oxygen atoms in total. The molecule has 0 radical (unpaired) electrons. The zero-order valence-corrected chi connectivity index (χ0v) is 13.9. The highest BCUT2D eigenvalue weighted by molar-refractivity contribution is 7.93. The summed E-state index contributed by atoms with van der Waals surface area (Å²) in [7, 11) is -3.40. The molecule has 122 valence electrons. The monoisotopic (exact) mass is 316 g/mol. The van der Waals surface area contributed by atoms with Gasteiger partial charge in [-0.2, -0.15) is 0 Å². The molecule has 2 fully saturated rings. The Hall–Kier alpha value is -0.620. The molecule has 1 heterocycles. The van der Waals surface area contributed by atoms with Gasteiger partial charge in [-0.3, -0.25) is 4.79 Å². The van der Waals surface area contributed by atoms with E-state index in [2.05, 4.69) is 10.6 Å². The Kier molecular flexibility index (Phi) is 5.66. The predicted octanol–water partition coefficient (Wildman–Crippen LogP) is 1.24. The molecule has 2 aliphatic rings. The SMILES string of the molecule is CC(C)C(C(=O)NC1CCNC1)S(=O)(=O)C1CCCCC1. The Balaban J connectivity index is 2.10. The molecule has 0 spiro atoms. The van der Waals surface area contributed by atoms with E-state index >= 15 is 0 Å². The first kappa shape index (κ1) is 16.7. The molecule has 1 saturated heterocycles. The first-order chi connectivity index (χ1) is 9.93. The van der Waals surface area contributed by atoms with Crippen molar-refractivity contribution in [1.29, 1.82) is 0 Å². The van der Waals surface area contributed by atoms with E-state index in [1.807, 2.05) is 13.8 Å². The van der Waals surface area contributed by atoms with Crippen LogP contribution >= 0.6 is 0 Å². The second-order valence-electron chi connectivity index (χ2n) is 6.71. The van der Waals surface area contributed by atoms with Crippen molar-refractivity contribution in [2.24, 2.45) is 5.92 Å². The number of hydrogen-bond donors (Lipinski definition) is 2. The van der Waals surface area contributed by atoms with Gasteiger partial charge < -0.3 is 10.6 Å². The summed E-state index contributed by atoms with van der Waals surface area (Å²) in [5.41, 5.74) is 0. The van der Waals surface area contributed by atoms with Crippen LogP contribution in [0.5, 0.6) is 0 Å². The fraction of sp³-hybridized carbons (Fsp3) is 0.933. The molecule has 2 rings (SSSR count). The first-order valence-corrected chi connectivity index (χ1v) is 9.77. The molecule has 1 aliphatic heterocycles. The number of sulfone groups is 1. The normalized spacial score (nSPS) is 26.0. The average molecular weight is 316 g/mol. The van der Waals surface area contributed by atoms with Crippen LogP contribution in [0.1, 0.15) is 52.4 Å². The van der Waals surface area contributed by atoms with Crippen LogP contribution in [0, 0.1) is 5.92 Å². The number of rotatable bonds is 5. The lowest BCUT2D eigenvalue weighted by Gasteiger charge is -2.29. The van der Waals surface area contributed by atoms with E-state index in [0.717, 1.165) is 38.8 Å². The molecule has 0 aromatic rings. The van der Waals surface area contributed by atoms with Gasteiger partial charge in [0.05, 0.1) is 5.25 Å². The standard InChI is InChI=1S/C15H28N2O3S/c1-11(2)14(15(18)17-12-8-9-16-10-12)21(19,20)13-6-4-3-5-7-13/h11-14,16H,3-10H2,1-2H3,(H,17,18). The summed E-state index contributed by atoms with van der Waals surface area (Å²) in [6, 6.07) is 0.0697. The minimum atomic E-state index is -3.40. The van der Waals surface area contributed by atoms with Gasteiger partial charge in [0.25, 0.3) is 0 Å². The fourth-order valence-electron chi connectivity index (χ4n) is 3.49. The third-order valence-electron chi connectivity index (χ3n) is 4.64. The van der Waals surface area contributed by atoms with Crippen molar-refractivity contribution >= 4 is 15.7 Å². The lowest BCUT2D eigenvalue weighted by atomic mass is 10.0. The smallest absolute Gasteiger partial charge is 0.238 e. The lowest BCUT2D eigenvalue weighted by Crippen LogP contribution is -2.50. The molecule has 6 heteroatoms. The lowest BCUT2D eigenvalue weighted by molar-refractivity contribution is -0.122. The van der Waals surface area contributed by atoms with Gasteiger partial charge in [0.15, 0.2) is 9.84 Å². The van der Waals surface area contributed by atoms with E-state index in [-0.39, 0.29) is 23.1 Å². The van der Waals surface area contributed by atoms with Crippen molar-refractivity contribution < 1.29 is 13.2 Å². The fourth-order valence-corrected chi connectivity index (χ4v) is 6.02. The number of carbonyl (C=O) groups excluding carboxylic acids is 1. The molecule has 21 heavy (non-hydrogen) atoms. The van der Waals surface area contributed by atoms with Gasteiger partial charge in [-0.15, -0.1) is 0 Å². The van der Waals surface area contributed by atoms with Crippen molar-refractivity contribution in [1.82, 2.24) is 10.6 Å². The van der Waals surface area contributed by atoms with Crippen LogP contribution in [0.4, 0.5) is 0 Å². The molecule has 0 bridgehead atoms. The zero-order valence-electron chi connectivity index (χ0n) is 13.1. The molecule has 1 amide bonds. The van der Waals surface area contributed by atoms with E-state index in [0.29, 0.717) is 12.8 Å². The number of carbonyl (C=O) groups is 1. The van der Waals surface area contributed by atoms with Crippen LogP contribution in [0.15, 0.2) is 0 Å². The van der Waals surface area contributed by atoms with E-state index < -0.39 is 15.1 Å². The summed E-state index contributed by atoms with van der Waals surface area (Å²) in [6.45, 7) is 5.28. The molecule has 1 aliphatic carbocycles. The maximum absolute atomic E-state index is 12.9. The Morgan fingerprint density at radius 2 is 1.81 bits per heavy atom. The maximum Gasteiger partial charge on any atom is 0.238 e. The van der Waals surface area contributed by atoms with Gasteiger partial charge in [0.2, 0.25) is 5.91 Å². The van der Waals surface area contributed by atoms with Crippen molar-refractivity contribution in [2.45, 2.75) is 68.9 Å². The molecule has 2 N–H and O–H groups in total. The maximum atomic E-state index is 12.9. The molecular weight excluding hydrogens is 288 g/mol. The highest BCUT2D eigenvalue weighted by Gasteiger charge is 2.41. The van der Waals surface area contributed by atoms with Gasteiger partial charge in [0, 0.05) is 12.6 Å². The Morgan fingerprint density at radius 3 is 2.33 bits per heavy atom. The topological polar surface area (TPSA) is 75.3 Å². The van der Waals surface area contributed by atoms with E-state index in [1.54, 1.807) is 0 Å². The molecule has 0 aromatic carbocycles. The third-order valence-corrected chi connectivity index (χ3v) is 7.51. The minimum absolute atomic E-state index is 0.0697. The highest BCUT2D eigenvalue weighted by Crippen LogP contribution is 2.29. The number of hydrogen-bond acceptors (Lipinski definition) is 4. The van der Waals surface area contributed by atoms with E-state index in [4.69, 9.17) is 0 Å². The van der Waals surface area contributed by atoms with Gasteiger partial charge in [-0.1, -0.05) is 33.1 Å². The van der Waals surface area contributed by atoms with Crippen molar-refractivity contribution in [2.75, 3.05) is 13.1 Å². The van der Waals surface area contributed by atoms with Gasteiger partial charge in [0.1, 0.15) is 5.25 Å². The Labute approximate surface area is 128 Å². The third kappa shape index (κ3) is 3.97.